The van der Waals surface area contributed by atoms with Gasteiger partial charge in [-0.3, -0.25) is 14.5 Å². The SMILES string of the molecule is CN(CC(=O)N[C@@H]1CCCCNC1=O)Cc1cccc(F)c1. The second-order valence-corrected chi connectivity index (χ2v) is 5.71. The molecule has 1 aliphatic rings. The number of benzene rings is 1. The Labute approximate surface area is 129 Å². The van der Waals surface area contributed by atoms with Crippen LogP contribution in [-0.4, -0.2) is 42.9 Å². The molecule has 22 heavy (non-hydrogen) atoms. The molecule has 1 fully saturated rings. The lowest BCUT2D eigenvalue weighted by molar-refractivity contribution is -0.129. The maximum atomic E-state index is 13.1. The highest BCUT2D eigenvalue weighted by Gasteiger charge is 2.22. The Hall–Kier alpha value is -1.95. The van der Waals surface area contributed by atoms with Crippen molar-refractivity contribution >= 4 is 11.8 Å². The standard InChI is InChI=1S/C16H22FN3O2/c1-20(10-12-5-4-6-13(17)9-12)11-15(21)19-14-7-2-3-8-18-16(14)22/h4-6,9,14H,2-3,7-8,10-11H2,1H3,(H,18,22)(H,19,21)/t14-/m1/s1. The summed E-state index contributed by atoms with van der Waals surface area (Å²) in [6.45, 7) is 1.31. The van der Waals surface area contributed by atoms with Crippen molar-refractivity contribution in [1.82, 2.24) is 15.5 Å². The van der Waals surface area contributed by atoms with E-state index < -0.39 is 6.04 Å². The molecule has 120 valence electrons. The van der Waals surface area contributed by atoms with Gasteiger partial charge in [0.25, 0.3) is 0 Å². The zero-order valence-electron chi connectivity index (χ0n) is 12.8. The van der Waals surface area contributed by atoms with Gasteiger partial charge in [-0.2, -0.15) is 0 Å². The van der Waals surface area contributed by atoms with Gasteiger partial charge < -0.3 is 10.6 Å². The largest absolute Gasteiger partial charge is 0.354 e. The van der Waals surface area contributed by atoms with E-state index in [2.05, 4.69) is 10.6 Å². The van der Waals surface area contributed by atoms with Gasteiger partial charge in [0.1, 0.15) is 11.9 Å². The molecule has 2 N–H and O–H groups in total. The Morgan fingerprint density at radius 2 is 2.27 bits per heavy atom. The number of hydrogen-bond donors (Lipinski definition) is 2. The number of likely N-dealkylation sites (N-methyl/N-ethyl adjacent to an activating group) is 1. The molecule has 0 unspecified atom stereocenters. The number of amides is 2. The first-order chi connectivity index (χ1) is 10.5. The van der Waals surface area contributed by atoms with Crippen LogP contribution in [0.15, 0.2) is 24.3 Å². The summed E-state index contributed by atoms with van der Waals surface area (Å²) in [5.41, 5.74) is 0.808. The van der Waals surface area contributed by atoms with Crippen molar-refractivity contribution in [2.75, 3.05) is 20.1 Å². The third-order valence-corrected chi connectivity index (χ3v) is 3.63. The van der Waals surface area contributed by atoms with Crippen molar-refractivity contribution in [3.05, 3.63) is 35.6 Å². The van der Waals surface area contributed by atoms with Crippen LogP contribution < -0.4 is 10.6 Å². The van der Waals surface area contributed by atoms with Gasteiger partial charge in [-0.15, -0.1) is 0 Å². The smallest absolute Gasteiger partial charge is 0.242 e. The van der Waals surface area contributed by atoms with E-state index in [0.29, 0.717) is 19.5 Å². The van der Waals surface area contributed by atoms with E-state index in [-0.39, 0.29) is 24.2 Å². The van der Waals surface area contributed by atoms with E-state index in [4.69, 9.17) is 0 Å². The summed E-state index contributed by atoms with van der Waals surface area (Å²) in [4.78, 5) is 25.6. The fraction of sp³-hybridized carbons (Fsp3) is 0.500. The number of nitrogens with zero attached hydrogens (tertiary/aromatic N) is 1. The van der Waals surface area contributed by atoms with Gasteiger partial charge in [0.05, 0.1) is 6.54 Å². The van der Waals surface area contributed by atoms with E-state index in [9.17, 15) is 14.0 Å². The zero-order valence-corrected chi connectivity index (χ0v) is 12.8. The molecule has 2 amide bonds. The zero-order chi connectivity index (χ0) is 15.9. The number of rotatable bonds is 5. The van der Waals surface area contributed by atoms with Crippen LogP contribution in [0.25, 0.3) is 0 Å². The minimum Gasteiger partial charge on any atom is -0.354 e. The number of hydrogen-bond acceptors (Lipinski definition) is 3. The van der Waals surface area contributed by atoms with Gasteiger partial charge >= 0.3 is 0 Å². The molecule has 1 aliphatic heterocycles. The van der Waals surface area contributed by atoms with E-state index >= 15 is 0 Å². The molecule has 1 saturated heterocycles. The first-order valence-electron chi connectivity index (χ1n) is 7.54. The lowest BCUT2D eigenvalue weighted by atomic mass is 10.1. The first kappa shape index (κ1) is 16.4. The lowest BCUT2D eigenvalue weighted by Gasteiger charge is -2.19. The Kier molecular flexibility index (Phi) is 5.89. The predicted octanol–water partition coefficient (Wildman–Crippen LogP) is 1.04. The topological polar surface area (TPSA) is 61.4 Å². The minimum absolute atomic E-state index is 0.112. The third-order valence-electron chi connectivity index (χ3n) is 3.63. The molecule has 0 spiro atoms. The molecule has 0 aromatic heterocycles. The molecule has 5 nitrogen and oxygen atoms in total. The van der Waals surface area contributed by atoms with Crippen molar-refractivity contribution in [3.63, 3.8) is 0 Å². The van der Waals surface area contributed by atoms with E-state index in [1.54, 1.807) is 18.0 Å². The monoisotopic (exact) mass is 307 g/mol. The second kappa shape index (κ2) is 7.89. The molecule has 6 heteroatoms. The predicted molar refractivity (Wildman–Crippen MR) is 81.5 cm³/mol. The number of carbonyl (C=O) groups excluding carboxylic acids is 2. The summed E-state index contributed by atoms with van der Waals surface area (Å²) in [5, 5.41) is 5.56. The van der Waals surface area contributed by atoms with Gasteiger partial charge in [-0.25, -0.2) is 4.39 Å². The van der Waals surface area contributed by atoms with Gasteiger partial charge in [-0.05, 0) is 44.0 Å². The normalized spacial score (nSPS) is 18.7. The minimum atomic E-state index is -0.447. The molecule has 0 saturated carbocycles. The Morgan fingerprint density at radius 1 is 1.45 bits per heavy atom. The van der Waals surface area contributed by atoms with Crippen LogP contribution in [0.1, 0.15) is 24.8 Å². The molecule has 1 heterocycles. The highest BCUT2D eigenvalue weighted by molar-refractivity contribution is 5.88. The van der Waals surface area contributed by atoms with Crippen molar-refractivity contribution in [2.45, 2.75) is 31.8 Å². The quantitative estimate of drug-likeness (QED) is 0.854. The molecular weight excluding hydrogens is 285 g/mol. The number of nitrogens with one attached hydrogen (secondary N) is 2. The second-order valence-electron chi connectivity index (χ2n) is 5.71. The van der Waals surface area contributed by atoms with Gasteiger partial charge in [0, 0.05) is 13.1 Å². The van der Waals surface area contributed by atoms with Crippen LogP contribution in [0, 0.1) is 5.82 Å². The van der Waals surface area contributed by atoms with Crippen LogP contribution in [0.3, 0.4) is 0 Å². The average molecular weight is 307 g/mol. The van der Waals surface area contributed by atoms with Crippen LogP contribution in [0.4, 0.5) is 4.39 Å². The van der Waals surface area contributed by atoms with Crippen LogP contribution in [0.2, 0.25) is 0 Å². The van der Waals surface area contributed by atoms with Crippen molar-refractivity contribution in [3.8, 4) is 0 Å². The van der Waals surface area contributed by atoms with Crippen molar-refractivity contribution < 1.29 is 14.0 Å². The van der Waals surface area contributed by atoms with E-state index in [1.165, 1.54) is 12.1 Å². The fourth-order valence-corrected chi connectivity index (χ4v) is 2.57. The average Bonchev–Trinajstić information content (AvgIpc) is 2.64. The van der Waals surface area contributed by atoms with Crippen LogP contribution >= 0.6 is 0 Å². The summed E-state index contributed by atoms with van der Waals surface area (Å²) in [5.74, 6) is -0.593. The highest BCUT2D eigenvalue weighted by atomic mass is 19.1. The first-order valence-corrected chi connectivity index (χ1v) is 7.54. The molecule has 0 aliphatic carbocycles. The summed E-state index contributed by atoms with van der Waals surface area (Å²) in [6, 6.07) is 5.86. The summed E-state index contributed by atoms with van der Waals surface area (Å²) in [7, 11) is 1.79. The maximum absolute atomic E-state index is 13.1. The highest BCUT2D eigenvalue weighted by Crippen LogP contribution is 2.07. The molecule has 1 aromatic rings. The molecule has 2 rings (SSSR count). The van der Waals surface area contributed by atoms with Crippen LogP contribution in [-0.2, 0) is 16.1 Å². The van der Waals surface area contributed by atoms with Gasteiger partial charge in [0.15, 0.2) is 0 Å². The van der Waals surface area contributed by atoms with Crippen LogP contribution in [0.5, 0.6) is 0 Å². The van der Waals surface area contributed by atoms with Gasteiger partial charge in [-0.1, -0.05) is 12.1 Å². The van der Waals surface area contributed by atoms with Gasteiger partial charge in [0.2, 0.25) is 11.8 Å². The number of carbonyl (C=O) groups is 2. The summed E-state index contributed by atoms with van der Waals surface area (Å²) < 4.78 is 13.1. The third kappa shape index (κ3) is 5.11. The molecule has 1 atom stereocenters. The molecule has 1 aromatic carbocycles. The molecule has 0 bridgehead atoms. The van der Waals surface area contributed by atoms with E-state index in [1.807, 2.05) is 6.07 Å². The van der Waals surface area contributed by atoms with Crippen molar-refractivity contribution in [1.29, 1.82) is 0 Å². The molecule has 0 radical (unpaired) electrons. The lowest BCUT2D eigenvalue weighted by Crippen LogP contribution is -2.48. The maximum Gasteiger partial charge on any atom is 0.242 e. The Balaban J connectivity index is 1.81. The number of halogens is 1. The molecular formula is C16H22FN3O2. The summed E-state index contributed by atoms with van der Waals surface area (Å²) >= 11 is 0. The van der Waals surface area contributed by atoms with E-state index in [0.717, 1.165) is 18.4 Å². The Bertz CT molecular complexity index is 536. The summed E-state index contributed by atoms with van der Waals surface area (Å²) in [6.07, 6.45) is 2.53. The Morgan fingerprint density at radius 3 is 3.05 bits per heavy atom. The fourth-order valence-electron chi connectivity index (χ4n) is 2.57. The van der Waals surface area contributed by atoms with Crippen molar-refractivity contribution in [2.24, 2.45) is 0 Å².